The highest BCUT2D eigenvalue weighted by atomic mass is 35.5. The van der Waals surface area contributed by atoms with Gasteiger partial charge in [-0.2, -0.15) is 0 Å². The maximum atomic E-state index is 13.6. The number of para-hydroxylation sites is 1. The van der Waals surface area contributed by atoms with Gasteiger partial charge in [-0.3, -0.25) is 14.2 Å². The van der Waals surface area contributed by atoms with Crippen LogP contribution in [0.5, 0.6) is 0 Å². The molecule has 4 aromatic rings. The molecule has 0 bridgehead atoms. The molecule has 7 heteroatoms. The predicted molar refractivity (Wildman–Crippen MR) is 124 cm³/mol. The molecule has 0 spiro atoms. The standard InChI is InChI=1S/C25H21ClFN3O2/c1-3-22(29(2)24(31)16-8-10-17(26)11-9-16)23-28-21-7-5-4-6-20(21)25(32)30(23)19-14-12-18(27)13-15-19/h4-15,22H,3H2,1-2H3. The van der Waals surface area contributed by atoms with Crippen LogP contribution in [0, 0.1) is 5.82 Å². The quantitative estimate of drug-likeness (QED) is 0.410. The van der Waals surface area contributed by atoms with Crippen molar-refractivity contribution in [1.82, 2.24) is 14.5 Å². The van der Waals surface area contributed by atoms with Crippen molar-refractivity contribution in [1.29, 1.82) is 0 Å². The second kappa shape index (κ2) is 8.93. The topological polar surface area (TPSA) is 55.2 Å². The third kappa shape index (κ3) is 4.01. The van der Waals surface area contributed by atoms with Crippen LogP contribution in [0.2, 0.25) is 5.02 Å². The number of aromatic nitrogens is 2. The number of carbonyl (C=O) groups is 1. The molecule has 0 fully saturated rings. The first-order valence-electron chi connectivity index (χ1n) is 10.2. The van der Waals surface area contributed by atoms with E-state index in [-0.39, 0.29) is 11.5 Å². The number of benzene rings is 3. The van der Waals surface area contributed by atoms with Crippen molar-refractivity contribution < 1.29 is 9.18 Å². The zero-order valence-electron chi connectivity index (χ0n) is 17.6. The van der Waals surface area contributed by atoms with Crippen LogP contribution in [-0.4, -0.2) is 27.4 Å². The monoisotopic (exact) mass is 449 g/mol. The molecule has 0 aliphatic carbocycles. The number of fused-ring (bicyclic) bond motifs is 1. The Labute approximate surface area is 189 Å². The molecule has 0 aliphatic heterocycles. The lowest BCUT2D eigenvalue weighted by Crippen LogP contribution is -2.36. The lowest BCUT2D eigenvalue weighted by atomic mass is 10.1. The van der Waals surface area contributed by atoms with Crippen molar-refractivity contribution in [3.63, 3.8) is 0 Å². The van der Waals surface area contributed by atoms with Crippen molar-refractivity contribution in [2.24, 2.45) is 0 Å². The molecule has 1 amide bonds. The molecular formula is C25H21ClFN3O2. The third-order valence-electron chi connectivity index (χ3n) is 5.45. The number of halogens is 2. The van der Waals surface area contributed by atoms with Crippen LogP contribution >= 0.6 is 11.6 Å². The lowest BCUT2D eigenvalue weighted by molar-refractivity contribution is 0.0717. The lowest BCUT2D eigenvalue weighted by Gasteiger charge is -2.29. The van der Waals surface area contributed by atoms with Crippen LogP contribution in [0.25, 0.3) is 16.6 Å². The van der Waals surface area contributed by atoms with E-state index in [1.165, 1.54) is 28.8 Å². The SMILES string of the molecule is CCC(c1nc2ccccc2c(=O)n1-c1ccc(F)cc1)N(C)C(=O)c1ccc(Cl)cc1. The summed E-state index contributed by atoms with van der Waals surface area (Å²) in [6.07, 6.45) is 0.516. The Hall–Kier alpha value is -3.51. The summed E-state index contributed by atoms with van der Waals surface area (Å²) in [5, 5.41) is 0.986. The van der Waals surface area contributed by atoms with Gasteiger partial charge in [0, 0.05) is 17.6 Å². The van der Waals surface area contributed by atoms with E-state index < -0.39 is 11.9 Å². The summed E-state index contributed by atoms with van der Waals surface area (Å²) in [7, 11) is 1.68. The second-order valence-corrected chi connectivity index (χ2v) is 7.89. The maximum absolute atomic E-state index is 13.6. The minimum absolute atomic E-state index is 0.221. The van der Waals surface area contributed by atoms with E-state index in [1.54, 1.807) is 54.4 Å². The van der Waals surface area contributed by atoms with E-state index in [0.717, 1.165) is 0 Å². The van der Waals surface area contributed by atoms with Crippen molar-refractivity contribution in [2.45, 2.75) is 19.4 Å². The molecule has 0 saturated heterocycles. The van der Waals surface area contributed by atoms with Gasteiger partial charge in [0.25, 0.3) is 11.5 Å². The normalized spacial score (nSPS) is 12.0. The smallest absolute Gasteiger partial charge is 0.266 e. The summed E-state index contributed by atoms with van der Waals surface area (Å²) in [6, 6.07) is 18.9. The van der Waals surface area contributed by atoms with E-state index in [4.69, 9.17) is 16.6 Å². The van der Waals surface area contributed by atoms with Gasteiger partial charge in [-0.15, -0.1) is 0 Å². The fourth-order valence-electron chi connectivity index (χ4n) is 3.78. The summed E-state index contributed by atoms with van der Waals surface area (Å²) in [5.74, 6) is -0.214. The number of hydrogen-bond donors (Lipinski definition) is 0. The molecule has 1 atom stereocenters. The van der Waals surface area contributed by atoms with Crippen molar-refractivity contribution in [2.75, 3.05) is 7.05 Å². The van der Waals surface area contributed by atoms with Gasteiger partial charge in [-0.25, -0.2) is 9.37 Å². The fraction of sp³-hybridized carbons (Fsp3) is 0.160. The molecule has 32 heavy (non-hydrogen) atoms. The molecule has 4 rings (SSSR count). The molecule has 0 aliphatic rings. The number of hydrogen-bond acceptors (Lipinski definition) is 3. The molecule has 0 N–H and O–H groups in total. The molecule has 1 heterocycles. The van der Waals surface area contributed by atoms with Gasteiger partial charge < -0.3 is 4.90 Å². The average molecular weight is 450 g/mol. The second-order valence-electron chi connectivity index (χ2n) is 7.45. The average Bonchev–Trinajstić information content (AvgIpc) is 2.80. The summed E-state index contributed by atoms with van der Waals surface area (Å²) in [5.41, 5.74) is 1.22. The summed E-state index contributed by atoms with van der Waals surface area (Å²) < 4.78 is 15.0. The van der Waals surface area contributed by atoms with E-state index in [2.05, 4.69) is 0 Å². The Morgan fingerprint density at radius 3 is 2.38 bits per heavy atom. The zero-order chi connectivity index (χ0) is 22.8. The van der Waals surface area contributed by atoms with Crippen molar-refractivity contribution in [3.05, 3.63) is 105 Å². The largest absolute Gasteiger partial charge is 0.332 e. The molecule has 162 valence electrons. The van der Waals surface area contributed by atoms with Crippen LogP contribution in [0.15, 0.2) is 77.6 Å². The molecule has 0 radical (unpaired) electrons. The van der Waals surface area contributed by atoms with Crippen LogP contribution in [0.3, 0.4) is 0 Å². The third-order valence-corrected chi connectivity index (χ3v) is 5.70. The zero-order valence-corrected chi connectivity index (χ0v) is 18.4. The van der Waals surface area contributed by atoms with Gasteiger partial charge in [-0.05, 0) is 67.1 Å². The van der Waals surface area contributed by atoms with Gasteiger partial charge in [-0.1, -0.05) is 30.7 Å². The minimum atomic E-state index is -0.500. The highest BCUT2D eigenvalue weighted by Gasteiger charge is 2.27. The Balaban J connectivity index is 1.89. The van der Waals surface area contributed by atoms with Gasteiger partial charge in [0.05, 0.1) is 22.6 Å². The van der Waals surface area contributed by atoms with E-state index >= 15 is 0 Å². The highest BCUT2D eigenvalue weighted by molar-refractivity contribution is 6.30. The van der Waals surface area contributed by atoms with E-state index in [1.807, 2.05) is 13.0 Å². The van der Waals surface area contributed by atoms with Crippen molar-refractivity contribution in [3.8, 4) is 5.69 Å². The number of nitrogens with zero attached hydrogens (tertiary/aromatic N) is 3. The fourth-order valence-corrected chi connectivity index (χ4v) is 3.91. The highest BCUT2D eigenvalue weighted by Crippen LogP contribution is 2.26. The van der Waals surface area contributed by atoms with Gasteiger partial charge >= 0.3 is 0 Å². The van der Waals surface area contributed by atoms with Crippen molar-refractivity contribution >= 4 is 28.4 Å². The number of rotatable bonds is 5. The van der Waals surface area contributed by atoms with E-state index in [0.29, 0.717) is 39.4 Å². The van der Waals surface area contributed by atoms with Crippen LogP contribution in [0.1, 0.15) is 35.6 Å². The number of amides is 1. The van der Waals surface area contributed by atoms with Crippen LogP contribution in [-0.2, 0) is 0 Å². The summed E-state index contributed by atoms with van der Waals surface area (Å²) >= 11 is 5.95. The molecule has 1 unspecified atom stereocenters. The van der Waals surface area contributed by atoms with Gasteiger partial charge in [0.1, 0.15) is 11.6 Å². The Kier molecular flexibility index (Phi) is 6.06. The Morgan fingerprint density at radius 2 is 1.72 bits per heavy atom. The molecule has 0 saturated carbocycles. The first-order valence-corrected chi connectivity index (χ1v) is 10.6. The number of carbonyl (C=O) groups excluding carboxylic acids is 1. The summed E-state index contributed by atoms with van der Waals surface area (Å²) in [4.78, 5) is 33.0. The first kappa shape index (κ1) is 21.7. The van der Waals surface area contributed by atoms with Crippen LogP contribution < -0.4 is 5.56 Å². The minimum Gasteiger partial charge on any atom is -0.332 e. The molecule has 5 nitrogen and oxygen atoms in total. The van der Waals surface area contributed by atoms with Gasteiger partial charge in [0.15, 0.2) is 0 Å². The first-order chi connectivity index (χ1) is 15.4. The summed E-state index contributed by atoms with van der Waals surface area (Å²) in [6.45, 7) is 1.92. The Bertz CT molecular complexity index is 1330. The van der Waals surface area contributed by atoms with Crippen LogP contribution in [0.4, 0.5) is 4.39 Å². The molecule has 1 aromatic heterocycles. The molecular weight excluding hydrogens is 429 g/mol. The van der Waals surface area contributed by atoms with Gasteiger partial charge in [0.2, 0.25) is 0 Å². The molecule has 3 aromatic carbocycles. The van der Waals surface area contributed by atoms with E-state index in [9.17, 15) is 14.0 Å². The maximum Gasteiger partial charge on any atom is 0.266 e. The predicted octanol–water partition coefficient (Wildman–Crippen LogP) is 5.40. The Morgan fingerprint density at radius 1 is 1.06 bits per heavy atom.